The van der Waals surface area contributed by atoms with Gasteiger partial charge < -0.3 is 18.9 Å². The fourth-order valence-corrected chi connectivity index (χ4v) is 4.38. The van der Waals surface area contributed by atoms with Gasteiger partial charge in [-0.25, -0.2) is 14.2 Å². The molecule has 34 heavy (non-hydrogen) atoms. The Labute approximate surface area is 197 Å². The van der Waals surface area contributed by atoms with Gasteiger partial charge in [-0.3, -0.25) is 4.68 Å². The molecule has 1 fully saturated rings. The maximum absolute atomic E-state index is 15.7. The standard InChI is InChI=1S/C25H28FN3O5/c1-6-34-25(30)18-11-27-29(20-12-33-13-21(20)31-4)23(18)17-8-7-16(10-19(17)26)22-14(2)9-15(3)28-24(22)32-5/h7-11,20-21H,6,12-13H2,1-5H3. The average Bonchev–Trinajstić information content (AvgIpc) is 3.45. The number of hydrogen-bond donors (Lipinski definition) is 0. The number of rotatable bonds is 7. The maximum Gasteiger partial charge on any atom is 0.341 e. The molecule has 1 aliphatic rings. The number of benzene rings is 1. The van der Waals surface area contributed by atoms with E-state index >= 15 is 4.39 Å². The van der Waals surface area contributed by atoms with Crippen molar-refractivity contribution in [2.75, 3.05) is 34.0 Å². The highest BCUT2D eigenvalue weighted by atomic mass is 19.1. The molecule has 1 aliphatic heterocycles. The van der Waals surface area contributed by atoms with E-state index in [9.17, 15) is 4.79 Å². The summed E-state index contributed by atoms with van der Waals surface area (Å²) in [5.41, 5.74) is 3.78. The lowest BCUT2D eigenvalue weighted by molar-refractivity contribution is 0.0526. The van der Waals surface area contributed by atoms with Crippen molar-refractivity contribution in [2.45, 2.75) is 32.9 Å². The smallest absolute Gasteiger partial charge is 0.341 e. The minimum atomic E-state index is -0.569. The van der Waals surface area contributed by atoms with Gasteiger partial charge in [0.2, 0.25) is 5.88 Å². The molecule has 2 atom stereocenters. The van der Waals surface area contributed by atoms with Crippen LogP contribution in [0.5, 0.6) is 5.88 Å². The Hall–Kier alpha value is -3.30. The fourth-order valence-electron chi connectivity index (χ4n) is 4.38. The highest BCUT2D eigenvalue weighted by Gasteiger charge is 2.35. The Morgan fingerprint density at radius 2 is 2.03 bits per heavy atom. The molecule has 0 bridgehead atoms. The number of hydrogen-bond acceptors (Lipinski definition) is 7. The number of aromatic nitrogens is 3. The van der Waals surface area contributed by atoms with Gasteiger partial charge in [-0.2, -0.15) is 5.10 Å². The number of ether oxygens (including phenoxy) is 4. The number of pyridine rings is 1. The van der Waals surface area contributed by atoms with Gasteiger partial charge in [0, 0.05) is 23.9 Å². The first-order chi connectivity index (χ1) is 16.4. The highest BCUT2D eigenvalue weighted by Crippen LogP contribution is 2.37. The van der Waals surface area contributed by atoms with Crippen LogP contribution in [0.1, 0.15) is 34.6 Å². The first kappa shape index (κ1) is 23.8. The minimum Gasteiger partial charge on any atom is -0.481 e. The van der Waals surface area contributed by atoms with E-state index in [4.69, 9.17) is 18.9 Å². The van der Waals surface area contributed by atoms with E-state index in [0.717, 1.165) is 11.3 Å². The van der Waals surface area contributed by atoms with Crippen LogP contribution < -0.4 is 4.74 Å². The molecule has 0 amide bonds. The topological polar surface area (TPSA) is 84.7 Å². The number of carbonyl (C=O) groups is 1. The Morgan fingerprint density at radius 3 is 2.71 bits per heavy atom. The zero-order chi connectivity index (χ0) is 24.4. The molecule has 0 aliphatic carbocycles. The molecule has 0 N–H and O–H groups in total. The van der Waals surface area contributed by atoms with Crippen molar-refractivity contribution in [3.8, 4) is 28.3 Å². The van der Waals surface area contributed by atoms with Gasteiger partial charge in [-0.05, 0) is 50.1 Å². The van der Waals surface area contributed by atoms with Crippen LogP contribution in [0.3, 0.4) is 0 Å². The van der Waals surface area contributed by atoms with Crippen LogP contribution in [0.4, 0.5) is 4.39 Å². The molecule has 180 valence electrons. The summed E-state index contributed by atoms with van der Waals surface area (Å²) in [6.45, 7) is 6.43. The van der Waals surface area contributed by atoms with E-state index in [-0.39, 0.29) is 29.9 Å². The second-order valence-corrected chi connectivity index (χ2v) is 8.11. The monoisotopic (exact) mass is 469 g/mol. The van der Waals surface area contributed by atoms with Crippen molar-refractivity contribution in [3.63, 3.8) is 0 Å². The molecule has 3 aromatic rings. The first-order valence-corrected chi connectivity index (χ1v) is 11.1. The molecule has 1 saturated heterocycles. The molecule has 4 rings (SSSR count). The molecule has 0 spiro atoms. The van der Waals surface area contributed by atoms with Crippen molar-refractivity contribution < 1.29 is 28.1 Å². The zero-order valence-electron chi connectivity index (χ0n) is 19.9. The Kier molecular flexibility index (Phi) is 6.95. The molecule has 2 aromatic heterocycles. The zero-order valence-corrected chi connectivity index (χ0v) is 19.9. The van der Waals surface area contributed by atoms with Crippen molar-refractivity contribution in [1.82, 2.24) is 14.8 Å². The number of carbonyl (C=O) groups excluding carboxylic acids is 1. The molecule has 1 aromatic carbocycles. The van der Waals surface area contributed by atoms with Crippen molar-refractivity contribution in [3.05, 3.63) is 53.1 Å². The molecule has 8 nitrogen and oxygen atoms in total. The molecular formula is C25H28FN3O5. The third-order valence-electron chi connectivity index (χ3n) is 5.93. The Bertz CT molecular complexity index is 1210. The second kappa shape index (κ2) is 9.90. The van der Waals surface area contributed by atoms with Gasteiger partial charge in [0.1, 0.15) is 23.5 Å². The third-order valence-corrected chi connectivity index (χ3v) is 5.93. The summed E-state index contributed by atoms with van der Waals surface area (Å²) in [5, 5.41) is 4.41. The summed E-state index contributed by atoms with van der Waals surface area (Å²) in [4.78, 5) is 17.1. The lowest BCUT2D eigenvalue weighted by atomic mass is 9.98. The lowest BCUT2D eigenvalue weighted by Crippen LogP contribution is -2.26. The summed E-state index contributed by atoms with van der Waals surface area (Å²) in [6, 6.07) is 6.44. The van der Waals surface area contributed by atoms with E-state index in [0.29, 0.717) is 35.9 Å². The van der Waals surface area contributed by atoms with Crippen LogP contribution in [-0.2, 0) is 14.2 Å². The summed E-state index contributed by atoms with van der Waals surface area (Å²) >= 11 is 0. The summed E-state index contributed by atoms with van der Waals surface area (Å²) in [5.74, 6) is -0.659. The predicted molar refractivity (Wildman–Crippen MR) is 123 cm³/mol. The summed E-state index contributed by atoms with van der Waals surface area (Å²) < 4.78 is 39.1. The molecule has 9 heteroatoms. The minimum absolute atomic E-state index is 0.181. The normalized spacial score (nSPS) is 17.7. The summed E-state index contributed by atoms with van der Waals surface area (Å²) in [7, 11) is 3.12. The van der Waals surface area contributed by atoms with E-state index in [1.165, 1.54) is 19.4 Å². The quantitative estimate of drug-likeness (QED) is 0.481. The highest BCUT2D eigenvalue weighted by molar-refractivity contribution is 5.96. The largest absolute Gasteiger partial charge is 0.481 e. The van der Waals surface area contributed by atoms with Crippen LogP contribution in [0, 0.1) is 19.7 Å². The van der Waals surface area contributed by atoms with Crippen molar-refractivity contribution in [1.29, 1.82) is 0 Å². The number of esters is 1. The van der Waals surface area contributed by atoms with Gasteiger partial charge in [0.05, 0.1) is 38.8 Å². The summed E-state index contributed by atoms with van der Waals surface area (Å²) in [6.07, 6.45) is 1.13. The van der Waals surface area contributed by atoms with Crippen molar-refractivity contribution in [2.24, 2.45) is 0 Å². The van der Waals surface area contributed by atoms with Crippen LogP contribution >= 0.6 is 0 Å². The van der Waals surface area contributed by atoms with Gasteiger partial charge in [-0.1, -0.05) is 6.07 Å². The molecule has 0 radical (unpaired) electrons. The van der Waals surface area contributed by atoms with Gasteiger partial charge >= 0.3 is 5.97 Å². The van der Waals surface area contributed by atoms with E-state index in [1.54, 1.807) is 30.8 Å². The van der Waals surface area contributed by atoms with E-state index in [2.05, 4.69) is 10.1 Å². The number of aryl methyl sites for hydroxylation is 2. The van der Waals surface area contributed by atoms with Crippen molar-refractivity contribution >= 4 is 5.97 Å². The molecular weight excluding hydrogens is 441 g/mol. The van der Waals surface area contributed by atoms with Crippen LogP contribution in [0.2, 0.25) is 0 Å². The average molecular weight is 470 g/mol. The number of halogens is 1. The van der Waals surface area contributed by atoms with Gasteiger partial charge in [0.15, 0.2) is 0 Å². The Morgan fingerprint density at radius 1 is 1.24 bits per heavy atom. The molecule has 3 heterocycles. The van der Waals surface area contributed by atoms with Crippen LogP contribution in [-0.4, -0.2) is 60.9 Å². The van der Waals surface area contributed by atoms with E-state index < -0.39 is 11.8 Å². The first-order valence-electron chi connectivity index (χ1n) is 11.1. The predicted octanol–water partition coefficient (Wildman–Crippen LogP) is 4.14. The second-order valence-electron chi connectivity index (χ2n) is 8.11. The fraction of sp³-hybridized carbons (Fsp3) is 0.400. The molecule has 0 saturated carbocycles. The SMILES string of the molecule is CCOC(=O)c1cnn(C2COCC2OC)c1-c1ccc(-c2c(C)cc(C)nc2OC)cc1F. The number of nitrogens with zero attached hydrogens (tertiary/aromatic N) is 3. The third kappa shape index (κ3) is 4.28. The van der Waals surface area contributed by atoms with Crippen LogP contribution in [0.15, 0.2) is 30.5 Å². The molecule has 2 unspecified atom stereocenters. The van der Waals surface area contributed by atoms with E-state index in [1.807, 2.05) is 19.9 Å². The Balaban J connectivity index is 1.85. The van der Waals surface area contributed by atoms with Gasteiger partial charge in [-0.15, -0.1) is 0 Å². The maximum atomic E-state index is 15.7. The lowest BCUT2D eigenvalue weighted by Gasteiger charge is -2.20. The number of methoxy groups -OCH3 is 2. The van der Waals surface area contributed by atoms with Crippen LogP contribution in [0.25, 0.3) is 22.4 Å². The van der Waals surface area contributed by atoms with Gasteiger partial charge in [0.25, 0.3) is 0 Å².